The van der Waals surface area contributed by atoms with Crippen molar-refractivity contribution >= 4 is 34.1 Å². The molecule has 1 aliphatic heterocycles. The van der Waals surface area contributed by atoms with E-state index in [2.05, 4.69) is 16.4 Å². The molecular formula is C26H23N3O2. The summed E-state index contributed by atoms with van der Waals surface area (Å²) in [4.78, 5) is 30.8. The van der Waals surface area contributed by atoms with Gasteiger partial charge in [0, 0.05) is 45.6 Å². The molecule has 0 radical (unpaired) electrons. The molecule has 4 aromatic rings. The zero-order valence-electron chi connectivity index (χ0n) is 17.5. The lowest BCUT2D eigenvalue weighted by Crippen LogP contribution is -2.28. The number of hydrogen-bond donors (Lipinski definition) is 2. The fraction of sp³-hybridized carbons (Fsp3) is 0.154. The molecule has 2 N–H and O–H groups in total. The predicted molar refractivity (Wildman–Crippen MR) is 124 cm³/mol. The van der Waals surface area contributed by atoms with Crippen LogP contribution >= 0.6 is 0 Å². The topological polar surface area (TPSA) is 65.2 Å². The number of rotatable bonds is 3. The molecule has 0 fully saturated rings. The number of fused-ring (bicyclic) bond motifs is 2. The monoisotopic (exact) mass is 409 g/mol. The maximum Gasteiger partial charge on any atom is 0.258 e. The van der Waals surface area contributed by atoms with Gasteiger partial charge in [-0.1, -0.05) is 18.2 Å². The molecule has 5 heteroatoms. The number of anilines is 2. The molecule has 2 heterocycles. The normalized spacial score (nSPS) is 12.8. The van der Waals surface area contributed by atoms with E-state index in [1.54, 1.807) is 24.3 Å². The molecule has 0 saturated heterocycles. The van der Waals surface area contributed by atoms with Crippen LogP contribution in [0.15, 0.2) is 66.7 Å². The van der Waals surface area contributed by atoms with Crippen LogP contribution in [0.25, 0.3) is 10.9 Å². The van der Waals surface area contributed by atoms with Gasteiger partial charge in [0.25, 0.3) is 11.8 Å². The highest BCUT2D eigenvalue weighted by Crippen LogP contribution is 2.29. The van der Waals surface area contributed by atoms with Gasteiger partial charge in [0.1, 0.15) is 0 Å². The van der Waals surface area contributed by atoms with Gasteiger partial charge in [0.2, 0.25) is 0 Å². The number of aryl methyl sites for hydroxylation is 2. The molecule has 0 atom stereocenters. The first-order valence-corrected chi connectivity index (χ1v) is 10.4. The number of para-hydroxylation sites is 1. The molecule has 1 aliphatic rings. The SMILES string of the molecule is Cc1[nH]c2ccc(C(=O)Nc3ccc(C(=O)N4CCc5ccccc54)cc3)cc2c1C. The minimum atomic E-state index is -0.173. The lowest BCUT2D eigenvalue weighted by Gasteiger charge is -2.17. The molecule has 5 nitrogen and oxygen atoms in total. The third-order valence-corrected chi connectivity index (χ3v) is 6.09. The number of aromatic nitrogens is 1. The Labute approximate surface area is 180 Å². The van der Waals surface area contributed by atoms with Crippen LogP contribution in [-0.2, 0) is 6.42 Å². The summed E-state index contributed by atoms with van der Waals surface area (Å²) in [5, 5.41) is 3.98. The molecule has 1 aromatic heterocycles. The van der Waals surface area contributed by atoms with Gasteiger partial charge in [-0.05, 0) is 79.9 Å². The van der Waals surface area contributed by atoms with Crippen LogP contribution in [0, 0.1) is 13.8 Å². The molecular weight excluding hydrogens is 386 g/mol. The molecule has 154 valence electrons. The van der Waals surface area contributed by atoms with Crippen LogP contribution in [0.5, 0.6) is 0 Å². The molecule has 0 saturated carbocycles. The molecule has 2 amide bonds. The number of benzene rings is 3. The van der Waals surface area contributed by atoms with Crippen LogP contribution in [0.4, 0.5) is 11.4 Å². The van der Waals surface area contributed by atoms with E-state index in [0.29, 0.717) is 23.4 Å². The Morgan fingerprint density at radius 1 is 0.935 bits per heavy atom. The highest BCUT2D eigenvalue weighted by molar-refractivity contribution is 6.09. The van der Waals surface area contributed by atoms with Crippen molar-refractivity contribution in [3.05, 3.63) is 94.7 Å². The zero-order valence-corrected chi connectivity index (χ0v) is 17.5. The quantitative estimate of drug-likeness (QED) is 0.486. The summed E-state index contributed by atoms with van der Waals surface area (Å²) in [6, 6.07) is 20.7. The van der Waals surface area contributed by atoms with Gasteiger partial charge in [-0.15, -0.1) is 0 Å². The Balaban J connectivity index is 1.32. The van der Waals surface area contributed by atoms with Gasteiger partial charge in [0.15, 0.2) is 0 Å². The first-order chi connectivity index (χ1) is 15.0. The summed E-state index contributed by atoms with van der Waals surface area (Å²) in [6.07, 6.45) is 0.876. The van der Waals surface area contributed by atoms with Crippen molar-refractivity contribution < 1.29 is 9.59 Å². The number of amides is 2. The van der Waals surface area contributed by atoms with E-state index in [1.165, 1.54) is 5.56 Å². The summed E-state index contributed by atoms with van der Waals surface area (Å²) in [5.41, 5.74) is 7.32. The summed E-state index contributed by atoms with van der Waals surface area (Å²) in [5.74, 6) is -0.195. The van der Waals surface area contributed by atoms with E-state index in [0.717, 1.165) is 34.3 Å². The molecule has 0 aliphatic carbocycles. The van der Waals surface area contributed by atoms with E-state index in [-0.39, 0.29) is 11.8 Å². The summed E-state index contributed by atoms with van der Waals surface area (Å²) >= 11 is 0. The first kappa shape index (κ1) is 19.1. The zero-order chi connectivity index (χ0) is 21.5. The number of nitrogens with zero attached hydrogens (tertiary/aromatic N) is 1. The van der Waals surface area contributed by atoms with Crippen molar-refractivity contribution in [2.75, 3.05) is 16.8 Å². The van der Waals surface area contributed by atoms with Crippen LogP contribution in [0.1, 0.15) is 37.5 Å². The largest absolute Gasteiger partial charge is 0.358 e. The molecule has 31 heavy (non-hydrogen) atoms. The minimum absolute atomic E-state index is 0.0217. The second-order valence-corrected chi connectivity index (χ2v) is 8.00. The fourth-order valence-corrected chi connectivity index (χ4v) is 4.21. The third kappa shape index (κ3) is 3.38. The van der Waals surface area contributed by atoms with Gasteiger partial charge in [-0.3, -0.25) is 9.59 Å². The Bertz CT molecular complexity index is 1320. The second kappa shape index (κ2) is 7.43. The second-order valence-electron chi connectivity index (χ2n) is 8.00. The van der Waals surface area contributed by atoms with Gasteiger partial charge < -0.3 is 15.2 Å². The van der Waals surface area contributed by atoms with Crippen LogP contribution < -0.4 is 10.2 Å². The molecule has 5 rings (SSSR count). The summed E-state index contributed by atoms with van der Waals surface area (Å²) in [6.45, 7) is 4.76. The van der Waals surface area contributed by atoms with Crippen LogP contribution in [-0.4, -0.2) is 23.3 Å². The van der Waals surface area contributed by atoms with E-state index < -0.39 is 0 Å². The minimum Gasteiger partial charge on any atom is -0.358 e. The van der Waals surface area contributed by atoms with E-state index in [9.17, 15) is 9.59 Å². The van der Waals surface area contributed by atoms with Crippen molar-refractivity contribution in [1.29, 1.82) is 0 Å². The summed E-state index contributed by atoms with van der Waals surface area (Å²) in [7, 11) is 0. The third-order valence-electron chi connectivity index (χ3n) is 6.09. The molecule has 3 aromatic carbocycles. The van der Waals surface area contributed by atoms with Crippen LogP contribution in [0.2, 0.25) is 0 Å². The first-order valence-electron chi connectivity index (χ1n) is 10.4. The smallest absolute Gasteiger partial charge is 0.258 e. The molecule has 0 unspecified atom stereocenters. The fourth-order valence-electron chi connectivity index (χ4n) is 4.21. The Kier molecular flexibility index (Phi) is 4.59. The van der Waals surface area contributed by atoms with Crippen molar-refractivity contribution in [3.8, 4) is 0 Å². The van der Waals surface area contributed by atoms with Crippen LogP contribution in [0.3, 0.4) is 0 Å². The number of carbonyl (C=O) groups is 2. The average molecular weight is 409 g/mol. The van der Waals surface area contributed by atoms with Crippen molar-refractivity contribution in [2.24, 2.45) is 0 Å². The van der Waals surface area contributed by atoms with E-state index in [1.807, 2.05) is 55.1 Å². The number of aromatic amines is 1. The highest BCUT2D eigenvalue weighted by atomic mass is 16.2. The van der Waals surface area contributed by atoms with E-state index in [4.69, 9.17) is 0 Å². The van der Waals surface area contributed by atoms with Crippen molar-refractivity contribution in [3.63, 3.8) is 0 Å². The number of hydrogen-bond acceptors (Lipinski definition) is 2. The molecule has 0 spiro atoms. The Morgan fingerprint density at radius 3 is 2.48 bits per heavy atom. The maximum absolute atomic E-state index is 13.0. The lowest BCUT2D eigenvalue weighted by atomic mass is 10.1. The molecule has 0 bridgehead atoms. The van der Waals surface area contributed by atoms with Crippen molar-refractivity contribution in [1.82, 2.24) is 4.98 Å². The summed E-state index contributed by atoms with van der Waals surface area (Å²) < 4.78 is 0. The number of H-pyrrole nitrogens is 1. The van der Waals surface area contributed by atoms with Crippen molar-refractivity contribution in [2.45, 2.75) is 20.3 Å². The average Bonchev–Trinajstić information content (AvgIpc) is 3.34. The van der Waals surface area contributed by atoms with Gasteiger partial charge >= 0.3 is 0 Å². The predicted octanol–water partition coefficient (Wildman–Crippen LogP) is 5.24. The highest BCUT2D eigenvalue weighted by Gasteiger charge is 2.25. The van der Waals surface area contributed by atoms with Gasteiger partial charge in [-0.2, -0.15) is 0 Å². The van der Waals surface area contributed by atoms with Gasteiger partial charge in [0.05, 0.1) is 0 Å². The standard InChI is InChI=1S/C26H23N3O2/c1-16-17(2)27-23-12-9-20(15-22(16)23)25(30)28-21-10-7-19(8-11-21)26(31)29-14-13-18-5-3-4-6-24(18)29/h3-12,15,27H,13-14H2,1-2H3,(H,28,30). The number of carbonyl (C=O) groups excluding carboxylic acids is 2. The maximum atomic E-state index is 13.0. The van der Waals surface area contributed by atoms with E-state index >= 15 is 0 Å². The Hall–Kier alpha value is -3.86. The number of nitrogens with one attached hydrogen (secondary N) is 2. The Morgan fingerprint density at radius 2 is 1.68 bits per heavy atom. The van der Waals surface area contributed by atoms with Gasteiger partial charge in [-0.25, -0.2) is 0 Å². The lowest BCUT2D eigenvalue weighted by molar-refractivity contribution is 0.0988.